The van der Waals surface area contributed by atoms with E-state index in [1.165, 1.54) is 0 Å². The number of rotatable bonds is 2. The number of aromatic hydroxyl groups is 1. The molecule has 0 spiro atoms. The number of phenolic OH excluding ortho intramolecular Hbond substituents is 1. The molecule has 76 valence electrons. The third-order valence-electron chi connectivity index (χ3n) is 2.24. The Balaban J connectivity index is 3.35. The molecule has 1 aromatic carbocycles. The van der Waals surface area contributed by atoms with Crippen LogP contribution < -0.4 is 5.73 Å². The maximum Gasteiger partial charge on any atom is 0.248 e. The first-order valence-corrected chi connectivity index (χ1v) is 4.56. The molecule has 0 radical (unpaired) electrons. The van der Waals surface area contributed by atoms with Gasteiger partial charge in [0.2, 0.25) is 5.91 Å². The van der Waals surface area contributed by atoms with Gasteiger partial charge in [-0.3, -0.25) is 4.79 Å². The van der Waals surface area contributed by atoms with Gasteiger partial charge in [0, 0.05) is 5.56 Å². The summed E-state index contributed by atoms with van der Waals surface area (Å²) in [7, 11) is 0. The molecule has 0 aliphatic rings. The van der Waals surface area contributed by atoms with E-state index in [-0.39, 0.29) is 11.7 Å². The fraction of sp³-hybridized carbons (Fsp3) is 0.364. The van der Waals surface area contributed by atoms with Crippen LogP contribution in [0.5, 0.6) is 5.75 Å². The van der Waals surface area contributed by atoms with E-state index in [0.29, 0.717) is 11.1 Å². The molecular formula is C11H15NO2. The lowest BCUT2D eigenvalue weighted by atomic mass is 9.96. The molecule has 3 nitrogen and oxygen atoms in total. The minimum Gasteiger partial charge on any atom is -0.507 e. The van der Waals surface area contributed by atoms with Gasteiger partial charge >= 0.3 is 0 Å². The van der Waals surface area contributed by atoms with Crippen molar-refractivity contribution in [3.05, 3.63) is 28.8 Å². The van der Waals surface area contributed by atoms with Crippen molar-refractivity contribution in [3.8, 4) is 5.75 Å². The monoisotopic (exact) mass is 193 g/mol. The number of nitrogens with two attached hydrogens (primary N) is 1. The summed E-state index contributed by atoms with van der Waals surface area (Å²) in [6.07, 6.45) is 0. The number of phenols is 1. The Kier molecular flexibility index (Phi) is 2.79. The van der Waals surface area contributed by atoms with E-state index >= 15 is 0 Å². The first kappa shape index (κ1) is 10.6. The predicted octanol–water partition coefficient (Wildman–Crippen LogP) is 1.92. The van der Waals surface area contributed by atoms with Crippen LogP contribution in [0.4, 0.5) is 0 Å². The van der Waals surface area contributed by atoms with E-state index in [0.717, 1.165) is 5.56 Å². The van der Waals surface area contributed by atoms with E-state index in [1.807, 2.05) is 13.8 Å². The number of amides is 1. The lowest BCUT2D eigenvalue weighted by molar-refractivity contribution is 0.1000. The molecule has 1 rings (SSSR count). The highest BCUT2D eigenvalue weighted by atomic mass is 16.3. The minimum atomic E-state index is -0.463. The second kappa shape index (κ2) is 3.70. The summed E-state index contributed by atoms with van der Waals surface area (Å²) in [5.74, 6) is -0.0343. The Hall–Kier alpha value is -1.51. The molecule has 0 aromatic heterocycles. The third kappa shape index (κ3) is 1.87. The van der Waals surface area contributed by atoms with Crippen LogP contribution in [0, 0.1) is 6.92 Å². The summed E-state index contributed by atoms with van der Waals surface area (Å²) in [5.41, 5.74) is 7.08. The highest BCUT2D eigenvalue weighted by Gasteiger charge is 2.12. The maximum atomic E-state index is 11.0. The van der Waals surface area contributed by atoms with Gasteiger partial charge < -0.3 is 10.8 Å². The van der Waals surface area contributed by atoms with Crippen molar-refractivity contribution in [2.24, 2.45) is 5.73 Å². The number of carbonyl (C=O) groups is 1. The average Bonchev–Trinajstić information content (AvgIpc) is 2.08. The standard InChI is InChI=1S/C11H15NO2/c1-6(2)9-5-8(11(12)14)4-7(3)10(9)13/h4-6,13H,1-3H3,(H2,12,14). The summed E-state index contributed by atoms with van der Waals surface area (Å²) in [6.45, 7) is 5.67. The lowest BCUT2D eigenvalue weighted by Gasteiger charge is -2.11. The van der Waals surface area contributed by atoms with Crippen molar-refractivity contribution in [2.75, 3.05) is 0 Å². The van der Waals surface area contributed by atoms with Crippen molar-refractivity contribution in [2.45, 2.75) is 26.7 Å². The van der Waals surface area contributed by atoms with Crippen LogP contribution in [0.3, 0.4) is 0 Å². The fourth-order valence-corrected chi connectivity index (χ4v) is 1.39. The smallest absolute Gasteiger partial charge is 0.248 e. The molecule has 0 atom stereocenters. The largest absolute Gasteiger partial charge is 0.507 e. The molecule has 0 unspecified atom stereocenters. The number of benzene rings is 1. The molecule has 14 heavy (non-hydrogen) atoms. The zero-order valence-corrected chi connectivity index (χ0v) is 8.66. The third-order valence-corrected chi connectivity index (χ3v) is 2.24. The molecule has 0 aliphatic heterocycles. The van der Waals surface area contributed by atoms with Crippen molar-refractivity contribution in [1.82, 2.24) is 0 Å². The van der Waals surface area contributed by atoms with Crippen molar-refractivity contribution in [1.29, 1.82) is 0 Å². The van der Waals surface area contributed by atoms with E-state index in [4.69, 9.17) is 5.73 Å². The SMILES string of the molecule is Cc1cc(C(N)=O)cc(C(C)C)c1O. The maximum absolute atomic E-state index is 11.0. The van der Waals surface area contributed by atoms with Crippen LogP contribution in [0.2, 0.25) is 0 Å². The fourth-order valence-electron chi connectivity index (χ4n) is 1.39. The molecule has 0 fully saturated rings. The summed E-state index contributed by atoms with van der Waals surface area (Å²) >= 11 is 0. The molecule has 0 bridgehead atoms. The van der Waals surface area contributed by atoms with E-state index < -0.39 is 5.91 Å². The molecule has 0 aliphatic carbocycles. The van der Waals surface area contributed by atoms with Gasteiger partial charge in [-0.1, -0.05) is 13.8 Å². The first-order chi connectivity index (χ1) is 6.43. The van der Waals surface area contributed by atoms with Gasteiger partial charge in [-0.15, -0.1) is 0 Å². The number of hydrogen-bond donors (Lipinski definition) is 2. The summed E-state index contributed by atoms with van der Waals surface area (Å²) in [6, 6.07) is 3.25. The normalized spacial score (nSPS) is 10.6. The van der Waals surface area contributed by atoms with Crippen molar-refractivity contribution < 1.29 is 9.90 Å². The number of aryl methyl sites for hydroxylation is 1. The van der Waals surface area contributed by atoms with Crippen LogP contribution in [-0.4, -0.2) is 11.0 Å². The number of carbonyl (C=O) groups excluding carboxylic acids is 1. The highest BCUT2D eigenvalue weighted by molar-refractivity contribution is 5.93. The van der Waals surface area contributed by atoms with Crippen molar-refractivity contribution >= 4 is 5.91 Å². The number of primary amides is 1. The Bertz CT molecular complexity index is 370. The van der Waals surface area contributed by atoms with Gasteiger partial charge in [0.1, 0.15) is 5.75 Å². The molecule has 3 N–H and O–H groups in total. The number of hydrogen-bond acceptors (Lipinski definition) is 2. The van der Waals surface area contributed by atoms with Crippen LogP contribution in [0.25, 0.3) is 0 Å². The topological polar surface area (TPSA) is 63.3 Å². The Morgan fingerprint density at radius 3 is 2.43 bits per heavy atom. The summed E-state index contributed by atoms with van der Waals surface area (Å²) < 4.78 is 0. The van der Waals surface area contributed by atoms with Crippen molar-refractivity contribution in [3.63, 3.8) is 0 Å². The highest BCUT2D eigenvalue weighted by Crippen LogP contribution is 2.29. The zero-order chi connectivity index (χ0) is 10.9. The molecule has 0 saturated carbocycles. The van der Waals surface area contributed by atoms with Gasteiger partial charge in [-0.2, -0.15) is 0 Å². The Morgan fingerprint density at radius 2 is 2.00 bits per heavy atom. The second-order valence-electron chi connectivity index (χ2n) is 3.75. The van der Waals surface area contributed by atoms with Crippen LogP contribution in [0.15, 0.2) is 12.1 Å². The molecular weight excluding hydrogens is 178 g/mol. The molecule has 1 amide bonds. The first-order valence-electron chi connectivity index (χ1n) is 4.56. The summed E-state index contributed by atoms with van der Waals surface area (Å²) in [4.78, 5) is 11.0. The van der Waals surface area contributed by atoms with Gasteiger partial charge in [0.05, 0.1) is 0 Å². The lowest BCUT2D eigenvalue weighted by Crippen LogP contribution is -2.11. The second-order valence-corrected chi connectivity index (χ2v) is 3.75. The quantitative estimate of drug-likeness (QED) is 0.753. The van der Waals surface area contributed by atoms with Crippen LogP contribution in [0.1, 0.15) is 41.3 Å². The predicted molar refractivity (Wildman–Crippen MR) is 55.5 cm³/mol. The molecule has 1 aromatic rings. The molecule has 0 saturated heterocycles. The van der Waals surface area contributed by atoms with Gasteiger partial charge in [0.15, 0.2) is 0 Å². The van der Waals surface area contributed by atoms with E-state index in [2.05, 4.69) is 0 Å². The van der Waals surface area contributed by atoms with Crippen LogP contribution in [-0.2, 0) is 0 Å². The van der Waals surface area contributed by atoms with Gasteiger partial charge in [-0.05, 0) is 36.1 Å². The van der Waals surface area contributed by atoms with E-state index in [9.17, 15) is 9.90 Å². The zero-order valence-electron chi connectivity index (χ0n) is 8.66. The molecule has 3 heteroatoms. The van der Waals surface area contributed by atoms with Gasteiger partial charge in [-0.25, -0.2) is 0 Å². The average molecular weight is 193 g/mol. The van der Waals surface area contributed by atoms with Crippen LogP contribution >= 0.6 is 0 Å². The Morgan fingerprint density at radius 1 is 1.43 bits per heavy atom. The van der Waals surface area contributed by atoms with Gasteiger partial charge in [0.25, 0.3) is 0 Å². The minimum absolute atomic E-state index is 0.174. The summed E-state index contributed by atoms with van der Waals surface area (Å²) in [5, 5.41) is 9.72. The molecule has 0 heterocycles. The van der Waals surface area contributed by atoms with E-state index in [1.54, 1.807) is 19.1 Å². The Labute approximate surface area is 83.6 Å².